The van der Waals surface area contributed by atoms with Crippen molar-refractivity contribution in [2.75, 3.05) is 11.9 Å². The lowest BCUT2D eigenvalue weighted by molar-refractivity contribution is -0.114. The quantitative estimate of drug-likeness (QED) is 0.602. The normalized spacial score (nSPS) is 11.0. The summed E-state index contributed by atoms with van der Waals surface area (Å²) in [4.78, 5) is 15.7. The highest BCUT2D eigenvalue weighted by atomic mass is 16.5. The van der Waals surface area contributed by atoms with E-state index in [9.17, 15) is 4.79 Å². The second-order valence-electron chi connectivity index (χ2n) is 6.58. The van der Waals surface area contributed by atoms with Gasteiger partial charge in [0.15, 0.2) is 0 Å². The summed E-state index contributed by atoms with van der Waals surface area (Å²) in [7, 11) is 0. The second-order valence-corrected chi connectivity index (χ2v) is 6.58. The molecule has 1 aromatic heterocycles. The van der Waals surface area contributed by atoms with Crippen LogP contribution in [0.15, 0.2) is 59.6 Å². The molecule has 0 aliphatic carbocycles. The van der Waals surface area contributed by atoms with Crippen LogP contribution in [0.5, 0.6) is 5.75 Å². The third-order valence-corrected chi connectivity index (χ3v) is 4.42. The van der Waals surface area contributed by atoms with E-state index in [4.69, 9.17) is 4.74 Å². The Morgan fingerprint density at radius 3 is 2.39 bits per heavy atom. The molecule has 5 nitrogen and oxygen atoms in total. The topological polar surface area (TPSA) is 55.6 Å². The van der Waals surface area contributed by atoms with E-state index in [1.807, 2.05) is 49.5 Å². The molecule has 0 saturated heterocycles. The fraction of sp³-hybridized carbons (Fsp3) is 0.217. The zero-order valence-electron chi connectivity index (χ0n) is 16.7. The van der Waals surface area contributed by atoms with Crippen molar-refractivity contribution in [3.63, 3.8) is 0 Å². The Labute approximate surface area is 165 Å². The van der Waals surface area contributed by atoms with Crippen molar-refractivity contribution >= 4 is 23.5 Å². The molecule has 0 spiro atoms. The maximum Gasteiger partial charge on any atom is 0.221 e. The summed E-state index contributed by atoms with van der Waals surface area (Å²) in [5.41, 5.74) is 6.03. The van der Waals surface area contributed by atoms with Crippen LogP contribution in [0.4, 0.5) is 11.4 Å². The van der Waals surface area contributed by atoms with Gasteiger partial charge in [0.05, 0.1) is 12.3 Å². The number of carbonyl (C=O) groups is 1. The number of nitrogens with one attached hydrogen (secondary N) is 1. The fourth-order valence-electron chi connectivity index (χ4n) is 3.15. The van der Waals surface area contributed by atoms with Crippen molar-refractivity contribution in [1.29, 1.82) is 0 Å². The molecule has 28 heavy (non-hydrogen) atoms. The Morgan fingerprint density at radius 2 is 1.79 bits per heavy atom. The van der Waals surface area contributed by atoms with Crippen LogP contribution in [0.2, 0.25) is 0 Å². The largest absolute Gasteiger partial charge is 0.494 e. The molecule has 0 atom stereocenters. The van der Waals surface area contributed by atoms with Crippen LogP contribution in [0, 0.1) is 13.8 Å². The third kappa shape index (κ3) is 4.49. The summed E-state index contributed by atoms with van der Waals surface area (Å²) in [5, 5.41) is 2.75. The highest BCUT2D eigenvalue weighted by Crippen LogP contribution is 2.23. The maximum atomic E-state index is 11.1. The first-order valence-electron chi connectivity index (χ1n) is 9.32. The van der Waals surface area contributed by atoms with E-state index >= 15 is 0 Å². The lowest BCUT2D eigenvalue weighted by Gasteiger charge is -2.11. The zero-order chi connectivity index (χ0) is 20.1. The summed E-state index contributed by atoms with van der Waals surface area (Å²) >= 11 is 0. The molecule has 5 heteroatoms. The molecule has 0 unspecified atom stereocenters. The molecule has 144 valence electrons. The first kappa shape index (κ1) is 19.4. The molecule has 0 aliphatic rings. The van der Waals surface area contributed by atoms with Crippen LogP contribution in [-0.4, -0.2) is 23.3 Å². The number of aliphatic imine (C=N–C) groups is 1. The van der Waals surface area contributed by atoms with Gasteiger partial charge in [0.1, 0.15) is 5.75 Å². The SMILES string of the molecule is CCOc1ccc(-n2c(C)cc(C=Nc3ccc(NC(C)=O)cc3)c2C)cc1. The number of benzene rings is 2. The number of amides is 1. The summed E-state index contributed by atoms with van der Waals surface area (Å²) in [6.07, 6.45) is 1.88. The number of anilines is 1. The van der Waals surface area contributed by atoms with Crippen LogP contribution in [0.3, 0.4) is 0 Å². The van der Waals surface area contributed by atoms with E-state index in [-0.39, 0.29) is 5.91 Å². The maximum absolute atomic E-state index is 11.1. The van der Waals surface area contributed by atoms with E-state index in [1.54, 1.807) is 0 Å². The number of carbonyl (C=O) groups excluding carboxylic acids is 1. The second kappa shape index (κ2) is 8.57. The molecule has 0 bridgehead atoms. The van der Waals surface area contributed by atoms with Crippen LogP contribution in [0.25, 0.3) is 5.69 Å². The van der Waals surface area contributed by atoms with Crippen LogP contribution in [-0.2, 0) is 4.79 Å². The highest BCUT2D eigenvalue weighted by molar-refractivity contribution is 5.89. The molecule has 1 N–H and O–H groups in total. The highest BCUT2D eigenvalue weighted by Gasteiger charge is 2.09. The van der Waals surface area contributed by atoms with Gasteiger partial charge in [-0.15, -0.1) is 0 Å². The molecule has 1 heterocycles. The van der Waals surface area contributed by atoms with Gasteiger partial charge < -0.3 is 14.6 Å². The van der Waals surface area contributed by atoms with Gasteiger partial charge in [-0.25, -0.2) is 0 Å². The fourth-order valence-corrected chi connectivity index (χ4v) is 3.15. The Morgan fingerprint density at radius 1 is 1.11 bits per heavy atom. The predicted octanol–water partition coefficient (Wildman–Crippen LogP) is 5.20. The first-order chi connectivity index (χ1) is 13.5. The van der Waals surface area contributed by atoms with E-state index in [2.05, 4.69) is 46.9 Å². The average molecular weight is 375 g/mol. The molecule has 3 aromatic rings. The predicted molar refractivity (Wildman–Crippen MR) is 114 cm³/mol. The van der Waals surface area contributed by atoms with Crippen molar-refractivity contribution in [1.82, 2.24) is 4.57 Å². The smallest absolute Gasteiger partial charge is 0.221 e. The zero-order valence-corrected chi connectivity index (χ0v) is 16.7. The van der Waals surface area contributed by atoms with E-state index in [0.29, 0.717) is 6.61 Å². The van der Waals surface area contributed by atoms with Gasteiger partial charge in [0.2, 0.25) is 5.91 Å². The molecule has 3 rings (SSSR count). The number of hydrogen-bond acceptors (Lipinski definition) is 3. The van der Waals surface area contributed by atoms with Crippen molar-refractivity contribution in [2.24, 2.45) is 4.99 Å². The van der Waals surface area contributed by atoms with Crippen molar-refractivity contribution < 1.29 is 9.53 Å². The summed E-state index contributed by atoms with van der Waals surface area (Å²) in [6, 6.07) is 17.7. The number of ether oxygens (including phenoxy) is 1. The third-order valence-electron chi connectivity index (χ3n) is 4.42. The van der Waals surface area contributed by atoms with E-state index in [1.165, 1.54) is 6.92 Å². The monoisotopic (exact) mass is 375 g/mol. The standard InChI is InChI=1S/C23H25N3O2/c1-5-28-23-12-10-22(11-13-23)26-16(2)14-19(17(26)3)15-24-20-6-8-21(9-7-20)25-18(4)27/h6-15H,5H2,1-4H3,(H,25,27). The Hall–Kier alpha value is -3.34. The van der Waals surface area contributed by atoms with Crippen molar-refractivity contribution in [3.8, 4) is 11.4 Å². The van der Waals surface area contributed by atoms with E-state index in [0.717, 1.165) is 39.8 Å². The molecule has 0 fully saturated rings. The minimum absolute atomic E-state index is 0.0852. The van der Waals surface area contributed by atoms with Gasteiger partial charge in [-0.1, -0.05) is 0 Å². The molecule has 1 amide bonds. The number of nitrogens with zero attached hydrogens (tertiary/aromatic N) is 2. The minimum atomic E-state index is -0.0852. The van der Waals surface area contributed by atoms with Gasteiger partial charge in [-0.3, -0.25) is 9.79 Å². The van der Waals surface area contributed by atoms with Crippen molar-refractivity contribution in [3.05, 3.63) is 71.5 Å². The van der Waals surface area contributed by atoms with E-state index < -0.39 is 0 Å². The van der Waals surface area contributed by atoms with Crippen LogP contribution < -0.4 is 10.1 Å². The number of aryl methyl sites for hydroxylation is 1. The van der Waals surface area contributed by atoms with Gasteiger partial charge >= 0.3 is 0 Å². The molecule has 2 aromatic carbocycles. The lowest BCUT2D eigenvalue weighted by atomic mass is 10.2. The summed E-state index contributed by atoms with van der Waals surface area (Å²) < 4.78 is 7.73. The Balaban J connectivity index is 1.81. The first-order valence-corrected chi connectivity index (χ1v) is 9.32. The van der Waals surface area contributed by atoms with Crippen LogP contribution >= 0.6 is 0 Å². The van der Waals surface area contributed by atoms with Crippen LogP contribution in [0.1, 0.15) is 30.8 Å². The van der Waals surface area contributed by atoms with Gasteiger partial charge in [-0.05, 0) is 75.4 Å². The molecule has 0 aliphatic heterocycles. The average Bonchev–Trinajstić information content (AvgIpc) is 2.95. The van der Waals surface area contributed by atoms with Gasteiger partial charge in [-0.2, -0.15) is 0 Å². The number of rotatable bonds is 6. The Kier molecular flexibility index (Phi) is 5.94. The van der Waals surface area contributed by atoms with Gasteiger partial charge in [0, 0.05) is 41.5 Å². The molecular formula is C23H25N3O2. The number of hydrogen-bond donors (Lipinski definition) is 1. The molecule has 0 saturated carbocycles. The lowest BCUT2D eigenvalue weighted by Crippen LogP contribution is -2.04. The summed E-state index contributed by atoms with van der Waals surface area (Å²) in [5.74, 6) is 0.788. The Bertz CT molecular complexity index is 984. The van der Waals surface area contributed by atoms with Gasteiger partial charge in [0.25, 0.3) is 0 Å². The molecule has 0 radical (unpaired) electrons. The number of aromatic nitrogens is 1. The minimum Gasteiger partial charge on any atom is -0.494 e. The summed E-state index contributed by atoms with van der Waals surface area (Å²) in [6.45, 7) is 8.31. The molecular weight excluding hydrogens is 350 g/mol. The van der Waals surface area contributed by atoms with Crippen molar-refractivity contribution in [2.45, 2.75) is 27.7 Å².